The summed E-state index contributed by atoms with van der Waals surface area (Å²) in [7, 11) is 0. The van der Waals surface area contributed by atoms with E-state index in [4.69, 9.17) is 14.7 Å². The molecule has 1 N–H and O–H groups in total. The van der Waals surface area contributed by atoms with Crippen LogP contribution in [-0.4, -0.2) is 26.5 Å². The van der Waals surface area contributed by atoms with E-state index in [1.54, 1.807) is 45.0 Å². The SMILES string of the molecule is CC1(C)Oc2ccc(C#N)cc2C(Oc2ccnnc2)C1(C)O. The Morgan fingerprint density at radius 1 is 1.26 bits per heavy atom. The molecule has 0 amide bonds. The highest BCUT2D eigenvalue weighted by Gasteiger charge is 2.54. The Hall–Kier alpha value is -2.65. The maximum Gasteiger partial charge on any atom is 0.160 e. The topological polar surface area (TPSA) is 88.3 Å². The number of benzene rings is 1. The van der Waals surface area contributed by atoms with Crippen molar-refractivity contribution < 1.29 is 14.6 Å². The lowest BCUT2D eigenvalue weighted by Gasteiger charge is -2.48. The highest BCUT2D eigenvalue weighted by atomic mass is 16.5. The number of aliphatic hydroxyl groups is 1. The third-order valence-electron chi connectivity index (χ3n) is 4.33. The summed E-state index contributed by atoms with van der Waals surface area (Å²) in [5.74, 6) is 1.07. The van der Waals surface area contributed by atoms with Crippen LogP contribution in [0.25, 0.3) is 0 Å². The molecular weight excluding hydrogens is 294 g/mol. The number of hydrogen-bond acceptors (Lipinski definition) is 6. The number of rotatable bonds is 2. The van der Waals surface area contributed by atoms with Crippen molar-refractivity contribution >= 4 is 0 Å². The second-order valence-electron chi connectivity index (χ2n) is 6.20. The highest BCUT2D eigenvalue weighted by molar-refractivity contribution is 5.47. The predicted molar refractivity (Wildman–Crippen MR) is 81.9 cm³/mol. The monoisotopic (exact) mass is 311 g/mol. The van der Waals surface area contributed by atoms with Crippen LogP contribution >= 0.6 is 0 Å². The molecule has 3 rings (SSSR count). The van der Waals surface area contributed by atoms with Crippen molar-refractivity contribution in [2.75, 3.05) is 0 Å². The molecule has 0 aliphatic carbocycles. The Labute approximate surface area is 134 Å². The van der Waals surface area contributed by atoms with Crippen molar-refractivity contribution in [1.82, 2.24) is 10.2 Å². The van der Waals surface area contributed by atoms with Gasteiger partial charge in [0.1, 0.15) is 22.7 Å². The van der Waals surface area contributed by atoms with Crippen LogP contribution in [0.5, 0.6) is 11.5 Å². The van der Waals surface area contributed by atoms with E-state index in [1.807, 2.05) is 0 Å². The standard InChI is InChI=1S/C17H17N3O3/c1-16(2)17(3,21)15(22-12-6-7-19-20-10-12)13-8-11(9-18)4-5-14(13)23-16/h4-8,10,15,21H,1-3H3. The van der Waals surface area contributed by atoms with Crippen LogP contribution in [0.1, 0.15) is 38.0 Å². The fourth-order valence-electron chi connectivity index (χ4n) is 2.58. The molecule has 2 atom stereocenters. The molecule has 0 bridgehead atoms. The lowest BCUT2D eigenvalue weighted by Crippen LogP contribution is -2.59. The lowest BCUT2D eigenvalue weighted by atomic mass is 9.77. The first kappa shape index (κ1) is 15.3. The smallest absolute Gasteiger partial charge is 0.160 e. The van der Waals surface area contributed by atoms with Gasteiger partial charge in [-0.25, -0.2) is 0 Å². The third-order valence-corrected chi connectivity index (χ3v) is 4.33. The van der Waals surface area contributed by atoms with Crippen molar-refractivity contribution in [2.24, 2.45) is 0 Å². The Morgan fingerprint density at radius 3 is 2.70 bits per heavy atom. The van der Waals surface area contributed by atoms with E-state index in [0.29, 0.717) is 22.6 Å². The Bertz CT molecular complexity index is 766. The van der Waals surface area contributed by atoms with Gasteiger partial charge in [-0.2, -0.15) is 15.5 Å². The van der Waals surface area contributed by atoms with E-state index in [-0.39, 0.29) is 0 Å². The summed E-state index contributed by atoms with van der Waals surface area (Å²) in [4.78, 5) is 0. The van der Waals surface area contributed by atoms with E-state index in [9.17, 15) is 5.11 Å². The molecule has 118 valence electrons. The molecule has 2 heterocycles. The van der Waals surface area contributed by atoms with E-state index in [2.05, 4.69) is 16.3 Å². The molecule has 23 heavy (non-hydrogen) atoms. The zero-order valence-corrected chi connectivity index (χ0v) is 13.1. The minimum atomic E-state index is -1.32. The van der Waals surface area contributed by atoms with Crippen LogP contribution in [0.4, 0.5) is 0 Å². The minimum absolute atomic E-state index is 0.476. The maximum absolute atomic E-state index is 11.1. The molecule has 6 nitrogen and oxygen atoms in total. The second kappa shape index (κ2) is 5.21. The van der Waals surface area contributed by atoms with Gasteiger partial charge in [0.15, 0.2) is 6.10 Å². The largest absolute Gasteiger partial charge is 0.484 e. The molecule has 0 saturated heterocycles. The number of hydrogen-bond donors (Lipinski definition) is 1. The molecule has 0 fully saturated rings. The number of ether oxygens (including phenoxy) is 2. The van der Waals surface area contributed by atoms with E-state index < -0.39 is 17.3 Å². The fraction of sp³-hybridized carbons (Fsp3) is 0.353. The van der Waals surface area contributed by atoms with Gasteiger partial charge in [0.2, 0.25) is 0 Å². The van der Waals surface area contributed by atoms with Crippen LogP contribution in [-0.2, 0) is 0 Å². The molecule has 1 aromatic carbocycles. The molecule has 0 radical (unpaired) electrons. The maximum atomic E-state index is 11.1. The Balaban J connectivity index is 2.12. The summed E-state index contributed by atoms with van der Waals surface area (Å²) in [5.41, 5.74) is -1.09. The number of nitrogens with zero attached hydrogens (tertiary/aromatic N) is 3. The van der Waals surface area contributed by atoms with Gasteiger partial charge in [-0.1, -0.05) is 0 Å². The molecule has 1 aromatic heterocycles. The van der Waals surface area contributed by atoms with Gasteiger partial charge in [-0.05, 0) is 39.0 Å². The molecule has 1 aliphatic rings. The zero-order chi connectivity index (χ0) is 16.7. The molecular formula is C17H17N3O3. The zero-order valence-electron chi connectivity index (χ0n) is 13.1. The second-order valence-corrected chi connectivity index (χ2v) is 6.20. The third kappa shape index (κ3) is 2.49. The molecule has 1 aliphatic heterocycles. The molecule has 6 heteroatoms. The van der Waals surface area contributed by atoms with Crippen molar-refractivity contribution in [1.29, 1.82) is 5.26 Å². The molecule has 0 saturated carbocycles. The summed E-state index contributed by atoms with van der Waals surface area (Å²) in [6.45, 7) is 5.26. The number of fused-ring (bicyclic) bond motifs is 1. The average Bonchev–Trinajstić information content (AvgIpc) is 2.52. The van der Waals surface area contributed by atoms with E-state index in [1.165, 1.54) is 12.4 Å². The first-order chi connectivity index (χ1) is 10.8. The highest BCUT2D eigenvalue weighted by Crippen LogP contribution is 2.48. The van der Waals surface area contributed by atoms with Gasteiger partial charge in [-0.3, -0.25) is 0 Å². The van der Waals surface area contributed by atoms with Crippen molar-refractivity contribution in [3.05, 3.63) is 47.8 Å². The Kier molecular flexibility index (Phi) is 3.46. The van der Waals surface area contributed by atoms with Crippen LogP contribution in [0, 0.1) is 11.3 Å². The summed E-state index contributed by atoms with van der Waals surface area (Å²) in [6, 6.07) is 8.85. The number of aromatic nitrogens is 2. The summed E-state index contributed by atoms with van der Waals surface area (Å²) >= 11 is 0. The number of nitriles is 1. The van der Waals surface area contributed by atoms with E-state index >= 15 is 0 Å². The molecule has 2 aromatic rings. The fourth-order valence-corrected chi connectivity index (χ4v) is 2.58. The van der Waals surface area contributed by atoms with Crippen LogP contribution in [0.3, 0.4) is 0 Å². The normalized spacial score (nSPS) is 24.9. The van der Waals surface area contributed by atoms with Gasteiger partial charge in [-0.15, -0.1) is 0 Å². The van der Waals surface area contributed by atoms with Gasteiger partial charge in [0, 0.05) is 11.6 Å². The van der Waals surface area contributed by atoms with Crippen LogP contribution in [0.15, 0.2) is 36.7 Å². The van der Waals surface area contributed by atoms with E-state index in [0.717, 1.165) is 0 Å². The van der Waals surface area contributed by atoms with Crippen molar-refractivity contribution in [2.45, 2.75) is 38.1 Å². The van der Waals surface area contributed by atoms with Gasteiger partial charge in [0.25, 0.3) is 0 Å². The first-order valence-electron chi connectivity index (χ1n) is 7.24. The average molecular weight is 311 g/mol. The van der Waals surface area contributed by atoms with Crippen molar-refractivity contribution in [3.63, 3.8) is 0 Å². The summed E-state index contributed by atoms with van der Waals surface area (Å²) in [6.07, 6.45) is 2.28. The van der Waals surface area contributed by atoms with Gasteiger partial charge < -0.3 is 14.6 Å². The van der Waals surface area contributed by atoms with Crippen LogP contribution in [0.2, 0.25) is 0 Å². The first-order valence-corrected chi connectivity index (χ1v) is 7.24. The lowest BCUT2D eigenvalue weighted by molar-refractivity contribution is -0.174. The van der Waals surface area contributed by atoms with Gasteiger partial charge >= 0.3 is 0 Å². The molecule has 2 unspecified atom stereocenters. The predicted octanol–water partition coefficient (Wildman–Crippen LogP) is 2.39. The summed E-state index contributed by atoms with van der Waals surface area (Å²) < 4.78 is 11.9. The molecule has 0 spiro atoms. The van der Waals surface area contributed by atoms with Gasteiger partial charge in [0.05, 0.1) is 24.0 Å². The van der Waals surface area contributed by atoms with Crippen LogP contribution < -0.4 is 9.47 Å². The quantitative estimate of drug-likeness (QED) is 0.916. The summed E-state index contributed by atoms with van der Waals surface area (Å²) in [5, 5.41) is 27.7. The van der Waals surface area contributed by atoms with Crippen molar-refractivity contribution in [3.8, 4) is 17.6 Å². The minimum Gasteiger partial charge on any atom is -0.484 e. The Morgan fingerprint density at radius 2 is 2.04 bits per heavy atom.